The summed E-state index contributed by atoms with van der Waals surface area (Å²) < 4.78 is 6.93. The summed E-state index contributed by atoms with van der Waals surface area (Å²) in [6, 6.07) is 0. The van der Waals surface area contributed by atoms with Crippen molar-refractivity contribution in [2.45, 2.75) is 90.5 Å². The quantitative estimate of drug-likeness (QED) is 0.656. The molecule has 0 amide bonds. The van der Waals surface area contributed by atoms with Crippen molar-refractivity contribution in [1.82, 2.24) is 4.90 Å². The number of Topliss-reactive ketones (excluding diaryl/α,β-unsaturated/α-hetero) is 1. The largest absolute Gasteiger partial charge is 0.359 e. The highest BCUT2D eigenvalue weighted by molar-refractivity contribution is 6.02. The highest BCUT2D eigenvalue weighted by atomic mass is 16.5. The van der Waals surface area contributed by atoms with E-state index in [0.717, 1.165) is 30.9 Å². The van der Waals surface area contributed by atoms with Crippen LogP contribution in [0.25, 0.3) is 0 Å². The van der Waals surface area contributed by atoms with Gasteiger partial charge in [0.25, 0.3) is 0 Å². The zero-order valence-electron chi connectivity index (χ0n) is 16.3. The van der Waals surface area contributed by atoms with Crippen LogP contribution >= 0.6 is 0 Å². The van der Waals surface area contributed by atoms with Crippen LogP contribution in [0.2, 0.25) is 0 Å². The number of carbonyl (C=O) groups is 1. The summed E-state index contributed by atoms with van der Waals surface area (Å²) in [5.74, 6) is 2.04. The summed E-state index contributed by atoms with van der Waals surface area (Å²) in [5, 5.41) is 0. The van der Waals surface area contributed by atoms with E-state index in [1.54, 1.807) is 0 Å². The fourth-order valence-electron chi connectivity index (χ4n) is 7.29. The second-order valence-electron chi connectivity index (χ2n) is 10.1. The minimum atomic E-state index is 0.00232. The van der Waals surface area contributed by atoms with Crippen LogP contribution in [0.3, 0.4) is 0 Å². The van der Waals surface area contributed by atoms with Crippen LogP contribution in [0, 0.1) is 23.2 Å². The van der Waals surface area contributed by atoms with Crippen LogP contribution in [0.15, 0.2) is 11.1 Å². The van der Waals surface area contributed by atoms with Gasteiger partial charge in [-0.1, -0.05) is 26.2 Å². The maximum Gasteiger partial charge on any atom is 0.162 e. The van der Waals surface area contributed by atoms with Gasteiger partial charge in [0.15, 0.2) is 5.78 Å². The molecule has 138 valence electrons. The maximum absolute atomic E-state index is 13.0. The van der Waals surface area contributed by atoms with Crippen molar-refractivity contribution in [3.05, 3.63) is 11.1 Å². The van der Waals surface area contributed by atoms with Crippen LogP contribution in [0.4, 0.5) is 0 Å². The van der Waals surface area contributed by atoms with E-state index in [-0.39, 0.29) is 23.1 Å². The van der Waals surface area contributed by atoms with Gasteiger partial charge >= 0.3 is 0 Å². The first kappa shape index (κ1) is 16.5. The minimum absolute atomic E-state index is 0.00232. The Labute approximate surface area is 152 Å². The van der Waals surface area contributed by atoms with Crippen LogP contribution < -0.4 is 0 Å². The van der Waals surface area contributed by atoms with Gasteiger partial charge in [0.05, 0.1) is 6.10 Å². The third-order valence-corrected chi connectivity index (χ3v) is 8.71. The topological polar surface area (TPSA) is 29.5 Å². The molecule has 1 spiro atoms. The Balaban J connectivity index is 1.61. The predicted molar refractivity (Wildman–Crippen MR) is 98.0 cm³/mol. The normalized spacial score (nSPS) is 48.8. The summed E-state index contributed by atoms with van der Waals surface area (Å²) >= 11 is 0. The van der Waals surface area contributed by atoms with Crippen molar-refractivity contribution in [2.24, 2.45) is 23.2 Å². The van der Waals surface area contributed by atoms with Crippen LogP contribution in [-0.2, 0) is 9.53 Å². The zero-order valence-corrected chi connectivity index (χ0v) is 16.3. The fraction of sp³-hybridized carbons (Fsp3) is 0.864. The molecule has 5 rings (SSSR count). The molecule has 2 aliphatic heterocycles. The summed E-state index contributed by atoms with van der Waals surface area (Å²) in [6.07, 6.45) is 9.01. The smallest absolute Gasteiger partial charge is 0.162 e. The van der Waals surface area contributed by atoms with Crippen molar-refractivity contribution in [2.75, 3.05) is 6.54 Å². The van der Waals surface area contributed by atoms with E-state index < -0.39 is 0 Å². The molecular weight excluding hydrogens is 310 g/mol. The van der Waals surface area contributed by atoms with Crippen LogP contribution in [0.1, 0.15) is 72.6 Å². The Morgan fingerprint density at radius 2 is 1.96 bits per heavy atom. The molecule has 0 N–H and O–H groups in total. The standard InChI is InChI=1S/C22H33NO2/c1-13-8-9-15-18(11-13)25-20-22-10-6-5-7-16(22)19(24)14(2)17(22)12-23(20)21(15,3)4/h13,15-16,18,20H,5-12H2,1-4H3/t13-,15-,16+,18-,20+,22-/m1/s1. The molecule has 6 atom stereocenters. The molecule has 25 heavy (non-hydrogen) atoms. The fourth-order valence-corrected chi connectivity index (χ4v) is 7.29. The number of fused-ring (bicyclic) bond motifs is 2. The molecule has 3 nitrogen and oxygen atoms in total. The van der Waals surface area contributed by atoms with Gasteiger partial charge in [0.2, 0.25) is 0 Å². The van der Waals surface area contributed by atoms with Crippen LogP contribution in [0.5, 0.6) is 0 Å². The molecule has 5 aliphatic rings. The molecule has 2 saturated carbocycles. The van der Waals surface area contributed by atoms with Gasteiger partial charge in [-0.3, -0.25) is 9.69 Å². The molecule has 0 bridgehead atoms. The van der Waals surface area contributed by atoms with Crippen molar-refractivity contribution in [3.63, 3.8) is 0 Å². The number of carbonyl (C=O) groups excluding carboxylic acids is 1. The molecule has 0 radical (unpaired) electrons. The first-order valence-electron chi connectivity index (χ1n) is 10.5. The Morgan fingerprint density at radius 1 is 1.16 bits per heavy atom. The number of ketones is 1. The molecule has 0 aromatic heterocycles. The first-order valence-corrected chi connectivity index (χ1v) is 10.5. The number of rotatable bonds is 0. The van der Waals surface area contributed by atoms with E-state index in [1.165, 1.54) is 37.7 Å². The molecular formula is C22H33NO2. The van der Waals surface area contributed by atoms with E-state index in [0.29, 0.717) is 17.8 Å². The summed E-state index contributed by atoms with van der Waals surface area (Å²) in [6.45, 7) is 10.3. The van der Waals surface area contributed by atoms with Crippen LogP contribution in [-0.4, -0.2) is 35.1 Å². The van der Waals surface area contributed by atoms with Gasteiger partial charge in [0.1, 0.15) is 6.23 Å². The van der Waals surface area contributed by atoms with Gasteiger partial charge in [-0.25, -0.2) is 0 Å². The number of allylic oxidation sites excluding steroid dienone is 1. The zero-order chi connectivity index (χ0) is 17.6. The summed E-state index contributed by atoms with van der Waals surface area (Å²) in [7, 11) is 0. The van der Waals surface area contributed by atoms with E-state index in [1.807, 2.05) is 0 Å². The highest BCUT2D eigenvalue weighted by Gasteiger charge is 2.67. The summed E-state index contributed by atoms with van der Waals surface area (Å²) in [5.41, 5.74) is 2.71. The average molecular weight is 344 g/mol. The number of hydrogen-bond acceptors (Lipinski definition) is 3. The second-order valence-corrected chi connectivity index (χ2v) is 10.1. The van der Waals surface area contributed by atoms with Gasteiger partial charge in [-0.15, -0.1) is 0 Å². The van der Waals surface area contributed by atoms with Crippen molar-refractivity contribution in [1.29, 1.82) is 0 Å². The lowest BCUT2D eigenvalue weighted by Gasteiger charge is -2.58. The highest BCUT2D eigenvalue weighted by Crippen LogP contribution is 2.64. The Hall–Kier alpha value is -0.670. The average Bonchev–Trinajstić information content (AvgIpc) is 2.99. The lowest BCUT2D eigenvalue weighted by Crippen LogP contribution is -2.65. The summed E-state index contributed by atoms with van der Waals surface area (Å²) in [4.78, 5) is 15.6. The Kier molecular flexibility index (Phi) is 3.43. The molecule has 0 aromatic carbocycles. The Bertz CT molecular complexity index is 650. The minimum Gasteiger partial charge on any atom is -0.359 e. The predicted octanol–water partition coefficient (Wildman–Crippen LogP) is 4.32. The van der Waals surface area contributed by atoms with Crippen molar-refractivity contribution < 1.29 is 9.53 Å². The molecule has 0 aromatic rings. The lowest BCUT2D eigenvalue weighted by atomic mass is 9.63. The third kappa shape index (κ3) is 1.92. The SMILES string of the molecule is CC1=C2CN3[C@@H](O[C@@H]4C[C@H](C)CC[C@H]4C3(C)C)[C@@]23CCCC[C@H]3C1=O. The molecule has 3 aliphatic carbocycles. The molecule has 4 fully saturated rings. The molecule has 0 unspecified atom stereocenters. The Morgan fingerprint density at radius 3 is 2.76 bits per heavy atom. The number of nitrogens with zero attached hydrogens (tertiary/aromatic N) is 1. The van der Waals surface area contributed by atoms with E-state index in [2.05, 4.69) is 32.6 Å². The number of hydrogen-bond donors (Lipinski definition) is 0. The van der Waals surface area contributed by atoms with Gasteiger partial charge < -0.3 is 4.74 Å². The van der Waals surface area contributed by atoms with Gasteiger partial charge in [-0.2, -0.15) is 0 Å². The van der Waals surface area contributed by atoms with E-state index in [9.17, 15) is 4.79 Å². The third-order valence-electron chi connectivity index (χ3n) is 8.71. The monoisotopic (exact) mass is 343 g/mol. The van der Waals surface area contributed by atoms with Gasteiger partial charge in [-0.05, 0) is 63.5 Å². The van der Waals surface area contributed by atoms with Gasteiger partial charge in [0, 0.05) is 29.3 Å². The molecule has 2 heterocycles. The number of ether oxygens (including phenoxy) is 1. The van der Waals surface area contributed by atoms with Crippen molar-refractivity contribution >= 4 is 5.78 Å². The maximum atomic E-state index is 13.0. The van der Waals surface area contributed by atoms with E-state index in [4.69, 9.17) is 4.74 Å². The van der Waals surface area contributed by atoms with Crippen molar-refractivity contribution in [3.8, 4) is 0 Å². The molecule has 2 saturated heterocycles. The first-order chi connectivity index (χ1) is 11.9. The second kappa shape index (κ2) is 5.19. The molecule has 3 heteroatoms. The lowest BCUT2D eigenvalue weighted by molar-refractivity contribution is -0.251. The van der Waals surface area contributed by atoms with E-state index >= 15 is 0 Å².